The fourth-order valence-electron chi connectivity index (χ4n) is 1.93. The molecule has 0 atom stereocenters. The summed E-state index contributed by atoms with van der Waals surface area (Å²) in [4.78, 5) is 11.9. The summed E-state index contributed by atoms with van der Waals surface area (Å²) in [6, 6.07) is 12.9. The van der Waals surface area contributed by atoms with Crippen molar-refractivity contribution in [3.8, 4) is 0 Å². The first-order valence-electron chi connectivity index (χ1n) is 6.34. The lowest BCUT2D eigenvalue weighted by molar-refractivity contribution is -0.118. The van der Waals surface area contributed by atoms with Crippen molar-refractivity contribution in [2.75, 3.05) is 5.73 Å². The molecule has 2 aromatic carbocycles. The molecule has 4 heteroatoms. The van der Waals surface area contributed by atoms with Gasteiger partial charge < -0.3 is 5.73 Å². The monoisotopic (exact) mass is 307 g/mol. The highest BCUT2D eigenvalue weighted by Gasteiger charge is 2.06. The Bertz CT molecular complexity index is 608. The number of aryl methyl sites for hydroxylation is 1. The lowest BCUT2D eigenvalue weighted by atomic mass is 10.0. The molecule has 2 aromatic rings. The van der Waals surface area contributed by atoms with Crippen LogP contribution in [0.4, 0.5) is 5.69 Å². The fraction of sp³-hybridized carbons (Fsp3) is 0.188. The third-order valence-corrected chi connectivity index (χ3v) is 3.80. The van der Waals surface area contributed by atoms with Crippen molar-refractivity contribution < 1.29 is 4.79 Å². The number of rotatable bonds is 5. The molecule has 0 heterocycles. The maximum Gasteiger partial charge on any atom is 0.137 e. The number of hydrogen-bond donors (Lipinski definition) is 1. The minimum Gasteiger partial charge on any atom is -0.399 e. The number of nitrogen functional groups attached to an aromatic ring is 1. The normalized spacial score (nSPS) is 10.5. The number of carbonyl (C=O) groups is 1. The van der Waals surface area contributed by atoms with Gasteiger partial charge in [0.15, 0.2) is 0 Å². The lowest BCUT2D eigenvalue weighted by Gasteiger charge is -2.04. The van der Waals surface area contributed by atoms with E-state index in [9.17, 15) is 4.79 Å². The van der Waals surface area contributed by atoms with Crippen LogP contribution in [0.25, 0.3) is 0 Å². The molecule has 0 aliphatic heterocycles. The lowest BCUT2D eigenvalue weighted by Crippen LogP contribution is -2.04. The number of Topliss-reactive ketones (excluding diaryl/α,β-unsaturated/α-hetero) is 1. The van der Waals surface area contributed by atoms with Crippen molar-refractivity contribution in [3.05, 3.63) is 63.6 Å². The highest BCUT2D eigenvalue weighted by molar-refractivity contribution is 6.42. The SMILES string of the molecule is Nc1ccc(CCC(=O)Cc2ccc(Cl)c(Cl)c2)cc1. The van der Waals surface area contributed by atoms with Crippen LogP contribution in [0.2, 0.25) is 10.0 Å². The van der Waals surface area contributed by atoms with E-state index in [1.54, 1.807) is 12.1 Å². The Hall–Kier alpha value is -1.51. The minimum absolute atomic E-state index is 0.181. The van der Waals surface area contributed by atoms with Crippen LogP contribution in [-0.2, 0) is 17.6 Å². The van der Waals surface area contributed by atoms with E-state index in [0.29, 0.717) is 22.9 Å². The zero-order valence-electron chi connectivity index (χ0n) is 10.9. The van der Waals surface area contributed by atoms with Crippen molar-refractivity contribution in [3.63, 3.8) is 0 Å². The number of anilines is 1. The van der Waals surface area contributed by atoms with Gasteiger partial charge in [0.25, 0.3) is 0 Å². The molecule has 0 fully saturated rings. The van der Waals surface area contributed by atoms with Gasteiger partial charge in [-0.25, -0.2) is 0 Å². The molecule has 0 amide bonds. The molecule has 20 heavy (non-hydrogen) atoms. The Morgan fingerprint density at radius 2 is 1.60 bits per heavy atom. The topological polar surface area (TPSA) is 43.1 Å². The molecule has 104 valence electrons. The molecule has 0 aromatic heterocycles. The zero-order chi connectivity index (χ0) is 14.5. The van der Waals surface area contributed by atoms with Crippen LogP contribution in [0.5, 0.6) is 0 Å². The van der Waals surface area contributed by atoms with Crippen LogP contribution in [0.1, 0.15) is 17.5 Å². The van der Waals surface area contributed by atoms with Crippen molar-refractivity contribution in [2.24, 2.45) is 0 Å². The molecule has 0 aliphatic rings. The second-order valence-electron chi connectivity index (χ2n) is 4.71. The van der Waals surface area contributed by atoms with Gasteiger partial charge >= 0.3 is 0 Å². The van der Waals surface area contributed by atoms with Gasteiger partial charge in [-0.2, -0.15) is 0 Å². The Kier molecular flexibility index (Phi) is 5.05. The van der Waals surface area contributed by atoms with E-state index in [-0.39, 0.29) is 5.78 Å². The maximum atomic E-state index is 11.9. The van der Waals surface area contributed by atoms with E-state index in [4.69, 9.17) is 28.9 Å². The first-order valence-corrected chi connectivity index (χ1v) is 7.10. The van der Waals surface area contributed by atoms with E-state index in [1.807, 2.05) is 30.3 Å². The maximum absolute atomic E-state index is 11.9. The number of nitrogens with two attached hydrogens (primary N) is 1. The van der Waals surface area contributed by atoms with Crippen LogP contribution in [0, 0.1) is 0 Å². The van der Waals surface area contributed by atoms with E-state index in [1.165, 1.54) is 0 Å². The summed E-state index contributed by atoms with van der Waals surface area (Å²) < 4.78 is 0. The number of halogens is 2. The molecular weight excluding hydrogens is 293 g/mol. The van der Waals surface area contributed by atoms with Gasteiger partial charge in [-0.05, 0) is 41.8 Å². The number of benzene rings is 2. The summed E-state index contributed by atoms with van der Waals surface area (Å²) in [7, 11) is 0. The Morgan fingerprint density at radius 1 is 0.950 bits per heavy atom. The highest BCUT2D eigenvalue weighted by Crippen LogP contribution is 2.23. The van der Waals surface area contributed by atoms with Gasteiger partial charge in [0.2, 0.25) is 0 Å². The average molecular weight is 308 g/mol. The van der Waals surface area contributed by atoms with E-state index < -0.39 is 0 Å². The molecule has 2 rings (SSSR count). The van der Waals surface area contributed by atoms with Crippen molar-refractivity contribution >= 4 is 34.7 Å². The van der Waals surface area contributed by atoms with Gasteiger partial charge in [0.1, 0.15) is 5.78 Å². The molecule has 0 unspecified atom stereocenters. The largest absolute Gasteiger partial charge is 0.399 e. The summed E-state index contributed by atoms with van der Waals surface area (Å²) in [5, 5.41) is 0.986. The van der Waals surface area contributed by atoms with Gasteiger partial charge in [-0.3, -0.25) is 4.79 Å². The summed E-state index contributed by atoms with van der Waals surface area (Å²) in [6.45, 7) is 0. The van der Waals surface area contributed by atoms with E-state index in [2.05, 4.69) is 0 Å². The first kappa shape index (κ1) is 14.9. The van der Waals surface area contributed by atoms with Crippen molar-refractivity contribution in [1.29, 1.82) is 0 Å². The zero-order valence-corrected chi connectivity index (χ0v) is 12.4. The third-order valence-electron chi connectivity index (χ3n) is 3.06. The van der Waals surface area contributed by atoms with Crippen LogP contribution in [0.3, 0.4) is 0 Å². The molecular formula is C16H15Cl2NO. The Labute approximate surface area is 128 Å². The second-order valence-corrected chi connectivity index (χ2v) is 5.52. The smallest absolute Gasteiger partial charge is 0.137 e. The summed E-state index contributed by atoms with van der Waals surface area (Å²) in [5.74, 6) is 0.181. The predicted octanol–water partition coefficient (Wildman–Crippen LogP) is 4.32. The van der Waals surface area contributed by atoms with Crippen LogP contribution in [-0.4, -0.2) is 5.78 Å². The van der Waals surface area contributed by atoms with Crippen LogP contribution < -0.4 is 5.73 Å². The van der Waals surface area contributed by atoms with Crippen LogP contribution in [0.15, 0.2) is 42.5 Å². The number of ketones is 1. The fourth-order valence-corrected chi connectivity index (χ4v) is 2.25. The second kappa shape index (κ2) is 6.78. The van der Waals surface area contributed by atoms with Crippen molar-refractivity contribution in [1.82, 2.24) is 0 Å². The minimum atomic E-state index is 0.181. The Morgan fingerprint density at radius 3 is 2.25 bits per heavy atom. The average Bonchev–Trinajstić information content (AvgIpc) is 2.42. The molecule has 0 aliphatic carbocycles. The van der Waals surface area contributed by atoms with Gasteiger partial charge in [0.05, 0.1) is 10.0 Å². The van der Waals surface area contributed by atoms with Gasteiger partial charge in [-0.1, -0.05) is 41.4 Å². The molecule has 0 radical (unpaired) electrons. The van der Waals surface area contributed by atoms with Crippen molar-refractivity contribution in [2.45, 2.75) is 19.3 Å². The summed E-state index contributed by atoms with van der Waals surface area (Å²) in [5.41, 5.74) is 8.36. The predicted molar refractivity (Wildman–Crippen MR) is 84.3 cm³/mol. The molecule has 0 saturated heterocycles. The van der Waals surface area contributed by atoms with E-state index in [0.717, 1.165) is 23.2 Å². The quantitative estimate of drug-likeness (QED) is 0.836. The molecule has 0 spiro atoms. The van der Waals surface area contributed by atoms with Crippen LogP contribution >= 0.6 is 23.2 Å². The number of carbonyl (C=O) groups excluding carboxylic acids is 1. The molecule has 2 N–H and O–H groups in total. The molecule has 0 saturated carbocycles. The number of hydrogen-bond acceptors (Lipinski definition) is 2. The van der Waals surface area contributed by atoms with Gasteiger partial charge in [0, 0.05) is 18.5 Å². The molecule has 2 nitrogen and oxygen atoms in total. The van der Waals surface area contributed by atoms with Gasteiger partial charge in [-0.15, -0.1) is 0 Å². The Balaban J connectivity index is 1.89. The van der Waals surface area contributed by atoms with E-state index >= 15 is 0 Å². The first-order chi connectivity index (χ1) is 9.54. The molecule has 0 bridgehead atoms. The highest BCUT2D eigenvalue weighted by atomic mass is 35.5. The standard InChI is InChI=1S/C16H15Cl2NO/c17-15-8-4-12(10-16(15)18)9-14(20)7-3-11-1-5-13(19)6-2-11/h1-2,4-6,8,10H,3,7,9,19H2. The third kappa shape index (κ3) is 4.26. The summed E-state index contributed by atoms with van der Waals surface area (Å²) in [6.07, 6.45) is 1.61. The summed E-state index contributed by atoms with van der Waals surface area (Å²) >= 11 is 11.8.